The molecule has 0 atom stereocenters. The molecule has 3 rings (SSSR count). The van der Waals surface area contributed by atoms with Crippen LogP contribution < -0.4 is 0 Å². The van der Waals surface area contributed by atoms with Gasteiger partial charge in [0.1, 0.15) is 0 Å². The SMILES string of the molecule is S=c1[nH]c2cnccc2n1Cc1ccc(Cl)s1. The van der Waals surface area contributed by atoms with E-state index in [1.807, 2.05) is 18.2 Å². The molecule has 86 valence electrons. The average Bonchev–Trinajstić information content (AvgIpc) is 2.85. The summed E-state index contributed by atoms with van der Waals surface area (Å²) in [5.41, 5.74) is 2.02. The van der Waals surface area contributed by atoms with Crippen LogP contribution in [0, 0.1) is 4.77 Å². The number of aromatic nitrogens is 3. The van der Waals surface area contributed by atoms with Gasteiger partial charge in [-0.25, -0.2) is 0 Å². The van der Waals surface area contributed by atoms with Crippen molar-refractivity contribution in [3.05, 3.63) is 44.6 Å². The Morgan fingerprint density at radius 2 is 2.29 bits per heavy atom. The number of hydrogen-bond acceptors (Lipinski definition) is 3. The molecule has 0 bridgehead atoms. The van der Waals surface area contributed by atoms with E-state index in [4.69, 9.17) is 23.8 Å². The first-order valence-corrected chi connectivity index (χ1v) is 6.61. The second kappa shape index (κ2) is 4.25. The highest BCUT2D eigenvalue weighted by molar-refractivity contribution is 7.71. The molecule has 0 amide bonds. The van der Waals surface area contributed by atoms with Crippen molar-refractivity contribution in [2.75, 3.05) is 0 Å². The van der Waals surface area contributed by atoms with Gasteiger partial charge in [0.2, 0.25) is 0 Å². The summed E-state index contributed by atoms with van der Waals surface area (Å²) in [4.78, 5) is 8.39. The predicted octanol–water partition coefficient (Wildman–Crippen LogP) is 3.86. The molecule has 0 aromatic carbocycles. The van der Waals surface area contributed by atoms with E-state index in [0.29, 0.717) is 4.77 Å². The van der Waals surface area contributed by atoms with Crippen molar-refractivity contribution in [3.63, 3.8) is 0 Å². The van der Waals surface area contributed by atoms with Crippen LogP contribution in [0.1, 0.15) is 4.88 Å². The Labute approximate surface area is 112 Å². The summed E-state index contributed by atoms with van der Waals surface area (Å²) >= 11 is 12.8. The fourth-order valence-electron chi connectivity index (χ4n) is 1.76. The number of H-pyrrole nitrogens is 1. The molecule has 1 N–H and O–H groups in total. The van der Waals surface area contributed by atoms with Crippen LogP contribution in [0.4, 0.5) is 0 Å². The number of hydrogen-bond donors (Lipinski definition) is 1. The van der Waals surface area contributed by atoms with Crippen LogP contribution >= 0.6 is 35.2 Å². The zero-order valence-electron chi connectivity index (χ0n) is 8.68. The van der Waals surface area contributed by atoms with E-state index in [1.54, 1.807) is 23.7 Å². The molecule has 0 saturated heterocycles. The largest absolute Gasteiger partial charge is 0.329 e. The molecule has 0 aliphatic carbocycles. The van der Waals surface area contributed by atoms with E-state index in [9.17, 15) is 0 Å². The fraction of sp³-hybridized carbons (Fsp3) is 0.0909. The number of halogens is 1. The van der Waals surface area contributed by atoms with Gasteiger partial charge in [-0.05, 0) is 30.4 Å². The van der Waals surface area contributed by atoms with Gasteiger partial charge in [0.15, 0.2) is 4.77 Å². The maximum atomic E-state index is 5.92. The van der Waals surface area contributed by atoms with Gasteiger partial charge in [-0.1, -0.05) is 11.6 Å². The van der Waals surface area contributed by atoms with Crippen molar-refractivity contribution in [2.24, 2.45) is 0 Å². The summed E-state index contributed by atoms with van der Waals surface area (Å²) in [6.07, 6.45) is 3.55. The maximum Gasteiger partial charge on any atom is 0.178 e. The summed E-state index contributed by atoms with van der Waals surface area (Å²) in [6.45, 7) is 0.736. The lowest BCUT2D eigenvalue weighted by Crippen LogP contribution is -1.97. The highest BCUT2D eigenvalue weighted by Crippen LogP contribution is 2.23. The molecule has 3 aromatic heterocycles. The van der Waals surface area contributed by atoms with Crippen molar-refractivity contribution >= 4 is 46.2 Å². The minimum Gasteiger partial charge on any atom is -0.329 e. The van der Waals surface area contributed by atoms with Crippen molar-refractivity contribution in [3.8, 4) is 0 Å². The van der Waals surface area contributed by atoms with E-state index in [2.05, 4.69) is 14.5 Å². The van der Waals surface area contributed by atoms with Gasteiger partial charge in [0.05, 0.1) is 28.1 Å². The Bertz CT molecular complexity index is 725. The normalized spacial score (nSPS) is 11.1. The Hall–Kier alpha value is -1.17. The van der Waals surface area contributed by atoms with Gasteiger partial charge < -0.3 is 9.55 Å². The quantitative estimate of drug-likeness (QED) is 0.724. The summed E-state index contributed by atoms with van der Waals surface area (Å²) < 4.78 is 3.56. The van der Waals surface area contributed by atoms with Gasteiger partial charge in [-0.15, -0.1) is 11.3 Å². The highest BCUT2D eigenvalue weighted by Gasteiger charge is 2.06. The molecule has 0 radical (unpaired) electrons. The number of imidazole rings is 1. The van der Waals surface area contributed by atoms with Gasteiger partial charge in [0.25, 0.3) is 0 Å². The van der Waals surface area contributed by atoms with Crippen molar-refractivity contribution in [1.82, 2.24) is 14.5 Å². The van der Waals surface area contributed by atoms with E-state index < -0.39 is 0 Å². The van der Waals surface area contributed by atoms with Crippen molar-refractivity contribution in [2.45, 2.75) is 6.54 Å². The number of aromatic amines is 1. The third-order valence-corrected chi connectivity index (χ3v) is 4.06. The Balaban J connectivity index is 2.11. The molecule has 0 fully saturated rings. The molecule has 17 heavy (non-hydrogen) atoms. The van der Waals surface area contributed by atoms with Crippen LogP contribution in [0.2, 0.25) is 4.34 Å². The topological polar surface area (TPSA) is 33.6 Å². The summed E-state index contributed by atoms with van der Waals surface area (Å²) in [7, 11) is 0. The fourth-order valence-corrected chi connectivity index (χ4v) is 3.11. The zero-order chi connectivity index (χ0) is 11.8. The van der Waals surface area contributed by atoms with E-state index in [1.165, 1.54) is 4.88 Å². The lowest BCUT2D eigenvalue weighted by molar-refractivity contribution is 0.823. The standard InChI is InChI=1S/C11H8ClN3S2/c12-10-2-1-7(17-10)6-15-9-3-4-13-5-8(9)14-11(15)16/h1-5H,6H2,(H,14,16). The van der Waals surface area contributed by atoms with Gasteiger partial charge in [-0.2, -0.15) is 0 Å². The van der Waals surface area contributed by atoms with E-state index in [0.717, 1.165) is 21.9 Å². The second-order valence-electron chi connectivity index (χ2n) is 3.61. The third kappa shape index (κ3) is 2.01. The lowest BCUT2D eigenvalue weighted by atomic mass is 10.4. The Kier molecular flexibility index (Phi) is 2.74. The average molecular weight is 282 g/mol. The molecule has 0 spiro atoms. The number of nitrogens with one attached hydrogen (secondary N) is 1. The molecular weight excluding hydrogens is 274 g/mol. The first kappa shape index (κ1) is 11.0. The number of fused-ring (bicyclic) bond motifs is 1. The smallest absolute Gasteiger partial charge is 0.178 e. The molecule has 0 unspecified atom stereocenters. The molecular formula is C11H8ClN3S2. The summed E-state index contributed by atoms with van der Waals surface area (Å²) in [6, 6.07) is 5.88. The first-order valence-electron chi connectivity index (χ1n) is 5.01. The van der Waals surface area contributed by atoms with Crippen LogP contribution in [-0.4, -0.2) is 14.5 Å². The number of nitrogens with zero attached hydrogens (tertiary/aromatic N) is 2. The van der Waals surface area contributed by atoms with Gasteiger partial charge in [0, 0.05) is 11.1 Å². The third-order valence-electron chi connectivity index (χ3n) is 2.52. The molecule has 3 nitrogen and oxygen atoms in total. The van der Waals surface area contributed by atoms with E-state index in [-0.39, 0.29) is 0 Å². The number of rotatable bonds is 2. The molecule has 3 heterocycles. The van der Waals surface area contributed by atoms with E-state index >= 15 is 0 Å². The molecule has 0 saturated carbocycles. The van der Waals surface area contributed by atoms with Crippen LogP contribution in [0.15, 0.2) is 30.6 Å². The second-order valence-corrected chi connectivity index (χ2v) is 5.80. The van der Waals surface area contributed by atoms with Crippen LogP contribution in [0.5, 0.6) is 0 Å². The van der Waals surface area contributed by atoms with Crippen LogP contribution in [0.3, 0.4) is 0 Å². The van der Waals surface area contributed by atoms with Gasteiger partial charge in [-0.3, -0.25) is 4.98 Å². The minimum atomic E-state index is 0.706. The summed E-state index contributed by atoms with van der Waals surface area (Å²) in [5.74, 6) is 0. The maximum absolute atomic E-state index is 5.92. The van der Waals surface area contributed by atoms with Gasteiger partial charge >= 0.3 is 0 Å². The van der Waals surface area contributed by atoms with Crippen LogP contribution in [-0.2, 0) is 6.54 Å². The monoisotopic (exact) mass is 281 g/mol. The number of thiophene rings is 1. The number of pyridine rings is 1. The molecule has 3 aromatic rings. The minimum absolute atomic E-state index is 0.706. The van der Waals surface area contributed by atoms with Crippen molar-refractivity contribution in [1.29, 1.82) is 0 Å². The zero-order valence-corrected chi connectivity index (χ0v) is 11.1. The Morgan fingerprint density at radius 3 is 3.06 bits per heavy atom. The first-order chi connectivity index (χ1) is 8.24. The summed E-state index contributed by atoms with van der Waals surface area (Å²) in [5, 5.41) is 0. The molecule has 0 aliphatic rings. The molecule has 6 heteroatoms. The lowest BCUT2D eigenvalue weighted by Gasteiger charge is -2.01. The predicted molar refractivity (Wildman–Crippen MR) is 73.3 cm³/mol. The Morgan fingerprint density at radius 1 is 1.41 bits per heavy atom. The van der Waals surface area contributed by atoms with Crippen molar-refractivity contribution < 1.29 is 0 Å². The van der Waals surface area contributed by atoms with Crippen LogP contribution in [0.25, 0.3) is 11.0 Å². The highest BCUT2D eigenvalue weighted by atomic mass is 35.5. The molecule has 0 aliphatic heterocycles.